The van der Waals surface area contributed by atoms with Gasteiger partial charge in [-0.1, -0.05) is 6.07 Å². The largest absolute Gasteiger partial charge is 0.496 e. The maximum atomic E-state index is 12.3. The van der Waals surface area contributed by atoms with Crippen LogP contribution in [0.25, 0.3) is 0 Å². The Bertz CT molecular complexity index is 589. The number of ether oxygens (including phenoxy) is 2. The molecule has 0 aliphatic rings. The van der Waals surface area contributed by atoms with Gasteiger partial charge in [0.05, 0.1) is 20.5 Å². The smallest absolute Gasteiger partial charge is 0.258 e. The molecule has 1 aromatic carbocycles. The highest BCUT2D eigenvalue weighted by atomic mass is 16.5. The number of unbranched alkanes of at least 4 members (excludes halogenated alkanes) is 2. The van der Waals surface area contributed by atoms with Crippen LogP contribution in [-0.2, 0) is 6.54 Å². The molecule has 0 bridgehead atoms. The van der Waals surface area contributed by atoms with E-state index in [1.165, 1.54) is 0 Å². The van der Waals surface area contributed by atoms with Crippen LogP contribution >= 0.6 is 0 Å². The Morgan fingerprint density at radius 1 is 1.17 bits per heavy atom. The van der Waals surface area contributed by atoms with Gasteiger partial charge >= 0.3 is 0 Å². The lowest BCUT2D eigenvalue weighted by Gasteiger charge is -2.13. The molecule has 2 rings (SSSR count). The van der Waals surface area contributed by atoms with Crippen LogP contribution in [0.5, 0.6) is 11.5 Å². The minimum atomic E-state index is -0.172. The third-order valence-electron chi connectivity index (χ3n) is 3.59. The van der Waals surface area contributed by atoms with Crippen molar-refractivity contribution >= 4 is 5.91 Å². The van der Waals surface area contributed by atoms with Crippen molar-refractivity contribution in [3.63, 3.8) is 0 Å². The monoisotopic (exact) mass is 317 g/mol. The number of imidazole rings is 1. The number of hydrogen-bond donors (Lipinski definition) is 1. The summed E-state index contributed by atoms with van der Waals surface area (Å²) in [5.74, 6) is 0.859. The maximum absolute atomic E-state index is 12.3. The number of nitrogens with zero attached hydrogens (tertiary/aromatic N) is 2. The molecule has 0 atom stereocenters. The normalized spacial score (nSPS) is 10.3. The van der Waals surface area contributed by atoms with Crippen molar-refractivity contribution in [3.8, 4) is 11.5 Å². The van der Waals surface area contributed by atoms with Crippen LogP contribution in [0.2, 0.25) is 0 Å². The number of benzene rings is 1. The Morgan fingerprint density at radius 2 is 1.91 bits per heavy atom. The van der Waals surface area contributed by atoms with E-state index in [9.17, 15) is 4.79 Å². The summed E-state index contributed by atoms with van der Waals surface area (Å²) in [7, 11) is 3.09. The van der Waals surface area contributed by atoms with Gasteiger partial charge in [0.25, 0.3) is 5.91 Å². The summed E-state index contributed by atoms with van der Waals surface area (Å²) in [6.07, 6.45) is 8.58. The zero-order valence-electron chi connectivity index (χ0n) is 13.6. The molecule has 0 unspecified atom stereocenters. The average molecular weight is 317 g/mol. The summed E-state index contributed by atoms with van der Waals surface area (Å²) in [5.41, 5.74) is 0.441. The zero-order chi connectivity index (χ0) is 16.5. The summed E-state index contributed by atoms with van der Waals surface area (Å²) in [6.45, 7) is 1.58. The van der Waals surface area contributed by atoms with Gasteiger partial charge in [-0.15, -0.1) is 0 Å². The number of amides is 1. The number of nitrogens with one attached hydrogen (secondary N) is 1. The molecule has 1 aromatic heterocycles. The Labute approximate surface area is 136 Å². The highest BCUT2D eigenvalue weighted by Crippen LogP contribution is 2.27. The van der Waals surface area contributed by atoms with Gasteiger partial charge in [0, 0.05) is 25.5 Å². The van der Waals surface area contributed by atoms with E-state index >= 15 is 0 Å². The Kier molecular flexibility index (Phi) is 6.47. The van der Waals surface area contributed by atoms with Crippen LogP contribution in [0.4, 0.5) is 0 Å². The van der Waals surface area contributed by atoms with Gasteiger partial charge in [0.15, 0.2) is 0 Å². The van der Waals surface area contributed by atoms with Crippen molar-refractivity contribution < 1.29 is 14.3 Å². The van der Waals surface area contributed by atoms with Crippen LogP contribution in [0.15, 0.2) is 36.9 Å². The summed E-state index contributed by atoms with van der Waals surface area (Å²) in [4.78, 5) is 16.3. The molecule has 0 saturated heterocycles. The van der Waals surface area contributed by atoms with Crippen molar-refractivity contribution in [2.75, 3.05) is 20.8 Å². The molecular weight excluding hydrogens is 294 g/mol. The third kappa shape index (κ3) is 4.74. The van der Waals surface area contributed by atoms with E-state index in [0.29, 0.717) is 23.6 Å². The molecule has 2 aromatic rings. The van der Waals surface area contributed by atoms with Crippen LogP contribution in [0.1, 0.15) is 29.6 Å². The van der Waals surface area contributed by atoms with E-state index in [-0.39, 0.29) is 5.91 Å². The predicted octanol–water partition coefficient (Wildman–Crippen LogP) is 2.50. The van der Waals surface area contributed by atoms with Crippen LogP contribution in [0.3, 0.4) is 0 Å². The van der Waals surface area contributed by atoms with Crippen LogP contribution in [0, 0.1) is 0 Å². The number of carbonyl (C=O) groups excluding carboxylic acids is 1. The lowest BCUT2D eigenvalue weighted by molar-refractivity contribution is 0.0946. The Balaban J connectivity index is 1.76. The second-order valence-electron chi connectivity index (χ2n) is 5.15. The van der Waals surface area contributed by atoms with Crippen molar-refractivity contribution in [2.45, 2.75) is 25.8 Å². The molecule has 1 N–H and O–H groups in total. The van der Waals surface area contributed by atoms with Crippen molar-refractivity contribution in [3.05, 3.63) is 42.5 Å². The van der Waals surface area contributed by atoms with Gasteiger partial charge in [0.2, 0.25) is 0 Å². The summed E-state index contributed by atoms with van der Waals surface area (Å²) in [6, 6.07) is 5.30. The highest BCUT2D eigenvalue weighted by Gasteiger charge is 2.17. The maximum Gasteiger partial charge on any atom is 0.258 e. The van der Waals surface area contributed by atoms with E-state index in [1.54, 1.807) is 38.6 Å². The number of hydrogen-bond acceptors (Lipinski definition) is 4. The first kappa shape index (κ1) is 16.9. The SMILES string of the molecule is COc1cccc(OC)c1C(=O)NCCCCCn1ccnc1. The van der Waals surface area contributed by atoms with E-state index in [0.717, 1.165) is 25.8 Å². The first-order valence-electron chi connectivity index (χ1n) is 7.71. The summed E-state index contributed by atoms with van der Waals surface area (Å²) < 4.78 is 12.5. The van der Waals surface area contributed by atoms with E-state index in [2.05, 4.69) is 14.9 Å². The zero-order valence-corrected chi connectivity index (χ0v) is 13.6. The molecular formula is C17H23N3O3. The van der Waals surface area contributed by atoms with Gasteiger partial charge in [-0.3, -0.25) is 4.79 Å². The molecule has 124 valence electrons. The molecule has 6 heteroatoms. The molecule has 0 radical (unpaired) electrons. The first-order chi connectivity index (χ1) is 11.3. The molecule has 23 heavy (non-hydrogen) atoms. The van der Waals surface area contributed by atoms with Crippen LogP contribution in [-0.4, -0.2) is 36.2 Å². The third-order valence-corrected chi connectivity index (χ3v) is 3.59. The number of aromatic nitrogens is 2. The second kappa shape index (κ2) is 8.82. The predicted molar refractivity (Wildman–Crippen MR) is 88.0 cm³/mol. The molecule has 1 amide bonds. The Morgan fingerprint density at radius 3 is 2.52 bits per heavy atom. The van der Waals surface area contributed by atoms with Crippen molar-refractivity contribution in [1.82, 2.24) is 14.9 Å². The van der Waals surface area contributed by atoms with Crippen molar-refractivity contribution in [1.29, 1.82) is 0 Å². The first-order valence-corrected chi connectivity index (χ1v) is 7.71. The lowest BCUT2D eigenvalue weighted by Crippen LogP contribution is -2.25. The molecule has 0 aliphatic carbocycles. The van der Waals surface area contributed by atoms with E-state index < -0.39 is 0 Å². The number of methoxy groups -OCH3 is 2. The molecule has 0 saturated carbocycles. The van der Waals surface area contributed by atoms with Crippen LogP contribution < -0.4 is 14.8 Å². The number of carbonyl (C=O) groups is 1. The van der Waals surface area contributed by atoms with E-state index in [1.807, 2.05) is 12.5 Å². The fourth-order valence-electron chi connectivity index (χ4n) is 2.38. The molecule has 0 fully saturated rings. The minimum Gasteiger partial charge on any atom is -0.496 e. The lowest BCUT2D eigenvalue weighted by atomic mass is 10.1. The summed E-state index contributed by atoms with van der Waals surface area (Å²) in [5, 5.41) is 2.92. The second-order valence-corrected chi connectivity index (χ2v) is 5.15. The number of rotatable bonds is 9. The molecule has 0 aliphatic heterocycles. The van der Waals surface area contributed by atoms with Gasteiger partial charge in [-0.2, -0.15) is 0 Å². The quantitative estimate of drug-likeness (QED) is 0.722. The molecule has 6 nitrogen and oxygen atoms in total. The van der Waals surface area contributed by atoms with Gasteiger partial charge < -0.3 is 19.4 Å². The van der Waals surface area contributed by atoms with Crippen molar-refractivity contribution in [2.24, 2.45) is 0 Å². The fourth-order valence-corrected chi connectivity index (χ4v) is 2.38. The highest BCUT2D eigenvalue weighted by molar-refractivity contribution is 5.99. The Hall–Kier alpha value is -2.50. The van der Waals surface area contributed by atoms with Gasteiger partial charge in [0.1, 0.15) is 17.1 Å². The minimum absolute atomic E-state index is 0.172. The average Bonchev–Trinajstić information content (AvgIpc) is 3.10. The number of aryl methyl sites for hydroxylation is 1. The fraction of sp³-hybridized carbons (Fsp3) is 0.412. The van der Waals surface area contributed by atoms with Gasteiger partial charge in [-0.25, -0.2) is 4.98 Å². The summed E-state index contributed by atoms with van der Waals surface area (Å²) >= 11 is 0. The molecule has 1 heterocycles. The standard InChI is InChI=1S/C17H23N3O3/c1-22-14-7-6-8-15(23-2)16(14)17(21)19-9-4-3-5-11-20-12-10-18-13-20/h6-8,10,12-13H,3-5,9,11H2,1-2H3,(H,19,21). The molecule has 0 spiro atoms. The van der Waals surface area contributed by atoms with Gasteiger partial charge in [-0.05, 0) is 31.4 Å². The topological polar surface area (TPSA) is 65.4 Å². The van der Waals surface area contributed by atoms with E-state index in [4.69, 9.17) is 9.47 Å².